The maximum Gasteiger partial charge on any atom is 0.256 e. The number of fused-ring (bicyclic) bond motifs is 1. The largest absolute Gasteiger partial charge is 0.497 e. The van der Waals surface area contributed by atoms with Gasteiger partial charge >= 0.3 is 0 Å². The van der Waals surface area contributed by atoms with E-state index < -0.39 is 0 Å². The van der Waals surface area contributed by atoms with Crippen LogP contribution in [-0.2, 0) is 0 Å². The Balaban J connectivity index is 2.28. The Morgan fingerprint density at radius 3 is 2.58 bits per heavy atom. The Labute approximate surface area is 109 Å². The molecule has 4 nitrogen and oxygen atoms in total. The lowest BCUT2D eigenvalue weighted by molar-refractivity contribution is 0.414. The predicted octanol–water partition coefficient (Wildman–Crippen LogP) is 2.39. The number of hydrogen-bond donors (Lipinski definition) is 0. The van der Waals surface area contributed by atoms with Crippen LogP contribution in [0.25, 0.3) is 16.7 Å². The number of aromatic nitrogens is 2. The van der Waals surface area contributed by atoms with E-state index in [2.05, 4.69) is 4.98 Å². The molecule has 0 spiro atoms. The first kappa shape index (κ1) is 11.5. The topological polar surface area (TPSA) is 44.1 Å². The zero-order valence-corrected chi connectivity index (χ0v) is 10.4. The number of rotatable bonds is 2. The van der Waals surface area contributed by atoms with Gasteiger partial charge in [0.1, 0.15) is 11.4 Å². The molecule has 0 amide bonds. The zero-order chi connectivity index (χ0) is 13.2. The summed E-state index contributed by atoms with van der Waals surface area (Å²) in [6.07, 6.45) is 1.68. The first-order valence-corrected chi connectivity index (χ1v) is 5.91. The van der Waals surface area contributed by atoms with Crippen LogP contribution in [0, 0.1) is 0 Å². The second-order valence-corrected chi connectivity index (χ2v) is 4.12. The van der Waals surface area contributed by atoms with Crippen LogP contribution in [0.4, 0.5) is 0 Å². The molecule has 1 aromatic carbocycles. The van der Waals surface area contributed by atoms with Gasteiger partial charge in [0.05, 0.1) is 12.8 Å². The van der Waals surface area contributed by atoms with Crippen LogP contribution >= 0.6 is 0 Å². The summed E-state index contributed by atoms with van der Waals surface area (Å²) < 4.78 is 6.71. The van der Waals surface area contributed by atoms with Gasteiger partial charge in [-0.25, -0.2) is 4.98 Å². The quantitative estimate of drug-likeness (QED) is 0.703. The van der Waals surface area contributed by atoms with Crippen LogP contribution in [0.5, 0.6) is 5.75 Å². The molecule has 3 aromatic rings. The van der Waals surface area contributed by atoms with Crippen LogP contribution in [-0.4, -0.2) is 16.7 Å². The highest BCUT2D eigenvalue weighted by Gasteiger charge is 2.06. The highest BCUT2D eigenvalue weighted by molar-refractivity contribution is 5.76. The molecule has 19 heavy (non-hydrogen) atoms. The van der Waals surface area contributed by atoms with Crippen LogP contribution in [0.15, 0.2) is 59.5 Å². The minimum absolute atomic E-state index is 0.101. The first-order valence-electron chi connectivity index (χ1n) is 5.91. The fourth-order valence-corrected chi connectivity index (χ4v) is 2.05. The van der Waals surface area contributed by atoms with E-state index in [1.54, 1.807) is 30.0 Å². The van der Waals surface area contributed by atoms with Crippen molar-refractivity contribution in [1.29, 1.82) is 0 Å². The van der Waals surface area contributed by atoms with Gasteiger partial charge in [-0.3, -0.25) is 9.36 Å². The van der Waals surface area contributed by atoms with E-state index in [4.69, 9.17) is 4.74 Å². The molecule has 0 aliphatic rings. The van der Waals surface area contributed by atoms with E-state index in [1.807, 2.05) is 36.4 Å². The molecule has 0 fully saturated rings. The number of hydrogen-bond acceptors (Lipinski definition) is 3. The van der Waals surface area contributed by atoms with Crippen LogP contribution in [0.1, 0.15) is 0 Å². The number of methoxy groups -OCH3 is 1. The van der Waals surface area contributed by atoms with Gasteiger partial charge in [0.15, 0.2) is 0 Å². The maximum atomic E-state index is 12.1. The molecule has 0 bridgehead atoms. The Kier molecular flexibility index (Phi) is 2.76. The van der Waals surface area contributed by atoms with Crippen molar-refractivity contribution in [2.75, 3.05) is 7.11 Å². The normalized spacial score (nSPS) is 10.6. The van der Waals surface area contributed by atoms with E-state index in [1.165, 1.54) is 0 Å². The number of nitrogens with zero attached hydrogens (tertiary/aromatic N) is 2. The third kappa shape index (κ3) is 1.97. The minimum atomic E-state index is -0.101. The van der Waals surface area contributed by atoms with Crippen molar-refractivity contribution in [2.45, 2.75) is 0 Å². The van der Waals surface area contributed by atoms with Crippen molar-refractivity contribution in [2.24, 2.45) is 0 Å². The summed E-state index contributed by atoms with van der Waals surface area (Å²) >= 11 is 0. The summed E-state index contributed by atoms with van der Waals surface area (Å²) in [6, 6.07) is 14.4. The summed E-state index contributed by atoms with van der Waals surface area (Å²) in [5, 5.41) is 0.929. The van der Waals surface area contributed by atoms with Gasteiger partial charge in [0.2, 0.25) is 0 Å². The molecule has 0 aliphatic carbocycles. The Morgan fingerprint density at radius 1 is 1.05 bits per heavy atom. The van der Waals surface area contributed by atoms with Crippen LogP contribution < -0.4 is 10.3 Å². The molecule has 0 saturated heterocycles. The SMILES string of the molecule is COc1ccc(-n2c(=O)ccc3cccnc32)cc1. The van der Waals surface area contributed by atoms with Gasteiger partial charge in [0, 0.05) is 17.6 Å². The van der Waals surface area contributed by atoms with Crippen molar-refractivity contribution >= 4 is 11.0 Å². The molecule has 2 heterocycles. The molecule has 3 rings (SSSR count). The fourth-order valence-electron chi connectivity index (χ4n) is 2.05. The lowest BCUT2D eigenvalue weighted by Crippen LogP contribution is -2.17. The Morgan fingerprint density at radius 2 is 1.84 bits per heavy atom. The molecule has 0 aliphatic heterocycles. The smallest absolute Gasteiger partial charge is 0.256 e. The first-order chi connectivity index (χ1) is 9.29. The summed E-state index contributed by atoms with van der Waals surface area (Å²) in [4.78, 5) is 16.4. The third-order valence-corrected chi connectivity index (χ3v) is 2.99. The Bertz CT molecular complexity index is 776. The van der Waals surface area contributed by atoms with Crippen LogP contribution in [0.2, 0.25) is 0 Å². The van der Waals surface area contributed by atoms with Gasteiger partial charge in [-0.05, 0) is 42.5 Å². The van der Waals surface area contributed by atoms with Gasteiger partial charge in [-0.15, -0.1) is 0 Å². The molecule has 2 aromatic heterocycles. The van der Waals surface area contributed by atoms with Crippen LogP contribution in [0.3, 0.4) is 0 Å². The highest BCUT2D eigenvalue weighted by atomic mass is 16.5. The van der Waals surface area contributed by atoms with Gasteiger partial charge in [-0.2, -0.15) is 0 Å². The third-order valence-electron chi connectivity index (χ3n) is 2.99. The molecule has 94 valence electrons. The van der Waals surface area contributed by atoms with E-state index >= 15 is 0 Å². The maximum absolute atomic E-state index is 12.1. The van der Waals surface area contributed by atoms with Crippen molar-refractivity contribution in [1.82, 2.24) is 9.55 Å². The standard InChI is InChI=1S/C15H12N2O2/c1-19-13-7-5-12(6-8-13)17-14(18)9-4-11-3-2-10-16-15(11)17/h2-10H,1H3. The fraction of sp³-hybridized carbons (Fsp3) is 0.0667. The molecule has 0 saturated carbocycles. The van der Waals surface area contributed by atoms with E-state index in [9.17, 15) is 4.79 Å². The number of pyridine rings is 2. The molecular formula is C15H12N2O2. The average Bonchev–Trinajstić information content (AvgIpc) is 2.47. The minimum Gasteiger partial charge on any atom is -0.497 e. The zero-order valence-electron chi connectivity index (χ0n) is 10.4. The summed E-state index contributed by atoms with van der Waals surface area (Å²) in [5.74, 6) is 0.755. The van der Waals surface area contributed by atoms with Gasteiger partial charge in [-0.1, -0.05) is 0 Å². The Hall–Kier alpha value is -2.62. The molecule has 4 heteroatoms. The van der Waals surface area contributed by atoms with Crippen molar-refractivity contribution in [3.8, 4) is 11.4 Å². The molecule has 0 atom stereocenters. The van der Waals surface area contributed by atoms with E-state index in [0.29, 0.717) is 5.65 Å². The summed E-state index contributed by atoms with van der Waals surface area (Å²) in [7, 11) is 1.61. The van der Waals surface area contributed by atoms with Crippen molar-refractivity contribution in [3.05, 3.63) is 65.1 Å². The van der Waals surface area contributed by atoms with E-state index in [0.717, 1.165) is 16.8 Å². The molecular weight excluding hydrogens is 240 g/mol. The predicted molar refractivity (Wildman–Crippen MR) is 73.9 cm³/mol. The molecule has 0 radical (unpaired) electrons. The van der Waals surface area contributed by atoms with Crippen molar-refractivity contribution in [3.63, 3.8) is 0 Å². The lowest BCUT2D eigenvalue weighted by atomic mass is 10.2. The second-order valence-electron chi connectivity index (χ2n) is 4.12. The second kappa shape index (κ2) is 4.57. The average molecular weight is 252 g/mol. The molecule has 0 N–H and O–H groups in total. The van der Waals surface area contributed by atoms with E-state index in [-0.39, 0.29) is 5.56 Å². The van der Waals surface area contributed by atoms with Gasteiger partial charge in [0.25, 0.3) is 5.56 Å². The molecule has 0 unspecified atom stereocenters. The van der Waals surface area contributed by atoms with Gasteiger partial charge < -0.3 is 4.74 Å². The number of benzene rings is 1. The summed E-state index contributed by atoms with van der Waals surface area (Å²) in [5.41, 5.74) is 1.33. The lowest BCUT2D eigenvalue weighted by Gasteiger charge is -2.09. The monoisotopic (exact) mass is 252 g/mol. The number of ether oxygens (including phenoxy) is 1. The summed E-state index contributed by atoms with van der Waals surface area (Å²) in [6.45, 7) is 0. The highest BCUT2D eigenvalue weighted by Crippen LogP contribution is 2.17. The van der Waals surface area contributed by atoms with Crippen molar-refractivity contribution < 1.29 is 4.74 Å².